The van der Waals surface area contributed by atoms with E-state index in [2.05, 4.69) is 21.2 Å². The Balaban J connectivity index is 2.11. The van der Waals surface area contributed by atoms with Crippen LogP contribution in [-0.4, -0.2) is 36.5 Å². The largest absolute Gasteiger partial charge is 0.381 e. The van der Waals surface area contributed by atoms with Crippen LogP contribution in [0, 0.1) is 11.3 Å². The minimum atomic E-state index is 0.332. The first kappa shape index (κ1) is 10.8. The van der Waals surface area contributed by atoms with Gasteiger partial charge in [-0.2, -0.15) is 10.4 Å². The van der Waals surface area contributed by atoms with E-state index in [-0.39, 0.29) is 0 Å². The molecule has 84 valence electrons. The first-order valence-corrected chi connectivity index (χ1v) is 5.34. The van der Waals surface area contributed by atoms with Crippen molar-refractivity contribution in [2.75, 3.05) is 25.1 Å². The van der Waals surface area contributed by atoms with Gasteiger partial charge in [0, 0.05) is 20.2 Å². The average molecular weight is 218 g/mol. The molecule has 16 heavy (non-hydrogen) atoms. The van der Waals surface area contributed by atoms with E-state index in [1.54, 1.807) is 19.4 Å². The number of nitrogens with zero attached hydrogens (tertiary/aromatic N) is 4. The second-order valence-corrected chi connectivity index (χ2v) is 3.80. The van der Waals surface area contributed by atoms with Gasteiger partial charge >= 0.3 is 0 Å². The lowest BCUT2D eigenvalue weighted by molar-refractivity contribution is 0.0817. The van der Waals surface area contributed by atoms with Crippen LogP contribution < -0.4 is 4.90 Å². The predicted octanol–water partition coefficient (Wildman–Crippen LogP) is 0.963. The van der Waals surface area contributed by atoms with E-state index in [1.807, 2.05) is 0 Å². The predicted molar refractivity (Wildman–Crippen MR) is 59.0 cm³/mol. The van der Waals surface area contributed by atoms with Crippen molar-refractivity contribution >= 4 is 5.82 Å². The molecule has 1 saturated heterocycles. The number of nitriles is 1. The van der Waals surface area contributed by atoms with Gasteiger partial charge in [0.25, 0.3) is 0 Å². The number of piperidine rings is 1. The molecule has 1 aliphatic heterocycles. The van der Waals surface area contributed by atoms with Crippen LogP contribution in [0.1, 0.15) is 18.4 Å². The van der Waals surface area contributed by atoms with Crippen LogP contribution >= 0.6 is 0 Å². The van der Waals surface area contributed by atoms with Gasteiger partial charge in [-0.15, -0.1) is 5.10 Å². The van der Waals surface area contributed by atoms with Gasteiger partial charge in [0.1, 0.15) is 6.07 Å². The number of ether oxygens (including phenoxy) is 1. The summed E-state index contributed by atoms with van der Waals surface area (Å²) >= 11 is 0. The van der Waals surface area contributed by atoms with Crippen molar-refractivity contribution in [3.8, 4) is 6.07 Å². The Morgan fingerprint density at radius 2 is 2.25 bits per heavy atom. The van der Waals surface area contributed by atoms with Crippen LogP contribution in [0.25, 0.3) is 0 Å². The summed E-state index contributed by atoms with van der Waals surface area (Å²) in [6.45, 7) is 1.73. The first-order chi connectivity index (χ1) is 7.85. The maximum absolute atomic E-state index is 8.98. The van der Waals surface area contributed by atoms with Gasteiger partial charge in [0.05, 0.1) is 17.9 Å². The summed E-state index contributed by atoms with van der Waals surface area (Å²) in [6.07, 6.45) is 3.82. The molecule has 0 atom stereocenters. The molecule has 0 bridgehead atoms. The van der Waals surface area contributed by atoms with Crippen LogP contribution in [0.4, 0.5) is 5.82 Å². The summed E-state index contributed by atoms with van der Waals surface area (Å²) in [7, 11) is 1.74. The molecule has 1 fully saturated rings. The highest BCUT2D eigenvalue weighted by atomic mass is 16.5. The van der Waals surface area contributed by atoms with E-state index in [9.17, 15) is 0 Å². The lowest BCUT2D eigenvalue weighted by Crippen LogP contribution is -2.37. The zero-order valence-electron chi connectivity index (χ0n) is 9.26. The smallest absolute Gasteiger partial charge is 0.169 e. The van der Waals surface area contributed by atoms with Gasteiger partial charge in [-0.1, -0.05) is 0 Å². The fourth-order valence-electron chi connectivity index (χ4n) is 1.95. The van der Waals surface area contributed by atoms with Crippen molar-refractivity contribution < 1.29 is 4.74 Å². The number of rotatable bonds is 2. The number of aromatic nitrogens is 2. The molecule has 0 spiro atoms. The van der Waals surface area contributed by atoms with Crippen molar-refractivity contribution in [3.05, 3.63) is 17.8 Å². The van der Waals surface area contributed by atoms with E-state index in [0.717, 1.165) is 25.9 Å². The van der Waals surface area contributed by atoms with Crippen LogP contribution in [-0.2, 0) is 4.74 Å². The Kier molecular flexibility index (Phi) is 3.32. The minimum Gasteiger partial charge on any atom is -0.381 e. The zero-order valence-corrected chi connectivity index (χ0v) is 9.26. The monoisotopic (exact) mass is 218 g/mol. The van der Waals surface area contributed by atoms with Crippen LogP contribution in [0.15, 0.2) is 12.3 Å². The third-order valence-corrected chi connectivity index (χ3v) is 2.90. The lowest BCUT2D eigenvalue weighted by Gasteiger charge is -2.31. The van der Waals surface area contributed by atoms with Crippen molar-refractivity contribution in [2.24, 2.45) is 0 Å². The van der Waals surface area contributed by atoms with E-state index < -0.39 is 0 Å². The molecule has 2 heterocycles. The van der Waals surface area contributed by atoms with E-state index >= 15 is 0 Å². The molecule has 0 aliphatic carbocycles. The molecular weight excluding hydrogens is 204 g/mol. The molecule has 0 saturated carbocycles. The second kappa shape index (κ2) is 4.90. The molecule has 0 unspecified atom stereocenters. The summed E-state index contributed by atoms with van der Waals surface area (Å²) < 4.78 is 5.30. The Bertz CT molecular complexity index is 393. The van der Waals surface area contributed by atoms with Crippen LogP contribution in [0.2, 0.25) is 0 Å². The van der Waals surface area contributed by atoms with Gasteiger partial charge < -0.3 is 9.64 Å². The molecule has 1 aromatic rings. The van der Waals surface area contributed by atoms with E-state index in [0.29, 0.717) is 17.5 Å². The Hall–Kier alpha value is -1.67. The average Bonchev–Trinajstić information content (AvgIpc) is 2.39. The van der Waals surface area contributed by atoms with Gasteiger partial charge in [-0.3, -0.25) is 0 Å². The summed E-state index contributed by atoms with van der Waals surface area (Å²) in [5.74, 6) is 0.694. The fourth-order valence-corrected chi connectivity index (χ4v) is 1.95. The molecule has 5 nitrogen and oxygen atoms in total. The standard InChI is InChI=1S/C11H14N4O/c1-16-10-3-6-15(7-4-10)11-9(8-12)2-5-13-14-11/h2,5,10H,3-4,6-7H2,1H3. The lowest BCUT2D eigenvalue weighted by atomic mass is 10.1. The normalized spacial score (nSPS) is 17.1. The number of methoxy groups -OCH3 is 1. The second-order valence-electron chi connectivity index (χ2n) is 3.80. The van der Waals surface area contributed by atoms with Crippen molar-refractivity contribution in [3.63, 3.8) is 0 Å². The Labute approximate surface area is 94.7 Å². The molecule has 1 aromatic heterocycles. The fraction of sp³-hybridized carbons (Fsp3) is 0.545. The molecule has 0 radical (unpaired) electrons. The van der Waals surface area contributed by atoms with Crippen molar-refractivity contribution in [1.82, 2.24) is 10.2 Å². The topological polar surface area (TPSA) is 62.0 Å². The van der Waals surface area contributed by atoms with E-state index in [1.165, 1.54) is 0 Å². The molecule has 0 aromatic carbocycles. The third kappa shape index (κ3) is 2.12. The SMILES string of the molecule is COC1CCN(c2nnccc2C#N)CC1. The van der Waals surface area contributed by atoms with Gasteiger partial charge in [-0.25, -0.2) is 0 Å². The molecular formula is C11H14N4O. The van der Waals surface area contributed by atoms with Gasteiger partial charge in [-0.05, 0) is 18.9 Å². The van der Waals surface area contributed by atoms with E-state index in [4.69, 9.17) is 10.00 Å². The highest BCUT2D eigenvalue weighted by Gasteiger charge is 2.21. The molecule has 0 amide bonds. The number of hydrogen-bond donors (Lipinski definition) is 0. The quantitative estimate of drug-likeness (QED) is 0.740. The van der Waals surface area contributed by atoms with Crippen LogP contribution in [0.5, 0.6) is 0 Å². The Morgan fingerprint density at radius 3 is 2.88 bits per heavy atom. The highest BCUT2D eigenvalue weighted by Crippen LogP contribution is 2.21. The Morgan fingerprint density at radius 1 is 1.50 bits per heavy atom. The maximum atomic E-state index is 8.98. The van der Waals surface area contributed by atoms with Gasteiger partial charge in [0.2, 0.25) is 0 Å². The summed E-state index contributed by atoms with van der Waals surface area (Å²) in [4.78, 5) is 2.10. The molecule has 0 N–H and O–H groups in total. The maximum Gasteiger partial charge on any atom is 0.169 e. The number of hydrogen-bond acceptors (Lipinski definition) is 5. The first-order valence-electron chi connectivity index (χ1n) is 5.34. The third-order valence-electron chi connectivity index (χ3n) is 2.90. The summed E-state index contributed by atoms with van der Waals surface area (Å²) in [5.41, 5.74) is 0.589. The van der Waals surface area contributed by atoms with Crippen molar-refractivity contribution in [2.45, 2.75) is 18.9 Å². The zero-order chi connectivity index (χ0) is 11.4. The van der Waals surface area contributed by atoms with Crippen LogP contribution in [0.3, 0.4) is 0 Å². The van der Waals surface area contributed by atoms with Crippen molar-refractivity contribution in [1.29, 1.82) is 5.26 Å². The van der Waals surface area contributed by atoms with Gasteiger partial charge in [0.15, 0.2) is 5.82 Å². The summed E-state index contributed by atoms with van der Waals surface area (Å²) in [5, 5.41) is 16.8. The molecule has 2 rings (SSSR count). The number of anilines is 1. The molecule has 5 heteroatoms. The minimum absolute atomic E-state index is 0.332. The summed E-state index contributed by atoms with van der Waals surface area (Å²) in [6, 6.07) is 3.84. The molecule has 1 aliphatic rings. The highest BCUT2D eigenvalue weighted by molar-refractivity contribution is 5.52.